The van der Waals surface area contributed by atoms with Crippen LogP contribution in [0.15, 0.2) is 77.3 Å². The summed E-state index contributed by atoms with van der Waals surface area (Å²) in [7, 11) is 0. The summed E-state index contributed by atoms with van der Waals surface area (Å²) in [6.07, 6.45) is -0.912. The van der Waals surface area contributed by atoms with Crippen LogP contribution >= 0.6 is 15.9 Å². The smallest absolute Gasteiger partial charge is 0.241 e. The van der Waals surface area contributed by atoms with E-state index in [0.29, 0.717) is 11.3 Å². The van der Waals surface area contributed by atoms with Gasteiger partial charge in [0, 0.05) is 15.6 Å². The fourth-order valence-electron chi connectivity index (χ4n) is 5.42. The van der Waals surface area contributed by atoms with E-state index in [1.807, 2.05) is 31.2 Å². The predicted molar refractivity (Wildman–Crippen MR) is 126 cm³/mol. The normalized spacial score (nSPS) is 24.8. The molecule has 2 amide bonds. The highest BCUT2D eigenvalue weighted by Crippen LogP contribution is 2.57. The van der Waals surface area contributed by atoms with E-state index in [0.717, 1.165) is 14.9 Å². The fourth-order valence-corrected chi connectivity index (χ4v) is 5.68. The summed E-state index contributed by atoms with van der Waals surface area (Å²) in [5.41, 5.74) is 0.435. The average Bonchev–Trinajstić information content (AvgIpc) is 3.40. The number of benzene rings is 3. The monoisotopic (exact) mass is 515 g/mol. The van der Waals surface area contributed by atoms with E-state index >= 15 is 0 Å². The van der Waals surface area contributed by atoms with Crippen LogP contribution in [0.3, 0.4) is 0 Å². The number of amides is 2. The zero-order valence-electron chi connectivity index (χ0n) is 18.0. The summed E-state index contributed by atoms with van der Waals surface area (Å²) in [5.74, 6) is -4.44. The second-order valence-corrected chi connectivity index (χ2v) is 9.80. The first-order valence-corrected chi connectivity index (χ1v) is 11.7. The molecule has 0 aromatic heterocycles. The largest absolute Gasteiger partial charge is 0.349 e. The molecule has 6 nitrogen and oxygen atoms in total. The summed E-state index contributed by atoms with van der Waals surface area (Å²) in [6, 6.07) is 20.6. The number of nitrogens with zero attached hydrogens (tertiary/aromatic N) is 1. The quantitative estimate of drug-likeness (QED) is 0.372. The molecular formula is C27H18BrNO5. The van der Waals surface area contributed by atoms with Crippen LogP contribution in [0.4, 0.5) is 5.69 Å². The van der Waals surface area contributed by atoms with Crippen LogP contribution in [0.1, 0.15) is 37.9 Å². The number of hydrogen-bond donors (Lipinski definition) is 0. The van der Waals surface area contributed by atoms with Gasteiger partial charge >= 0.3 is 0 Å². The molecule has 2 heterocycles. The first-order valence-electron chi connectivity index (χ1n) is 10.9. The van der Waals surface area contributed by atoms with E-state index in [2.05, 4.69) is 15.9 Å². The summed E-state index contributed by atoms with van der Waals surface area (Å²) < 4.78 is 7.07. The molecule has 2 saturated heterocycles. The van der Waals surface area contributed by atoms with Crippen LogP contribution in [-0.4, -0.2) is 29.0 Å². The third-order valence-electron chi connectivity index (χ3n) is 7.01. The van der Waals surface area contributed by atoms with Crippen molar-refractivity contribution in [3.05, 3.63) is 99.5 Å². The average molecular weight is 516 g/mol. The molecule has 0 N–H and O–H groups in total. The lowest BCUT2D eigenvalue weighted by molar-refractivity contribution is -0.127. The van der Waals surface area contributed by atoms with Crippen molar-refractivity contribution in [3.8, 4) is 0 Å². The van der Waals surface area contributed by atoms with Gasteiger partial charge in [0.1, 0.15) is 0 Å². The van der Waals surface area contributed by atoms with Crippen LogP contribution in [0.2, 0.25) is 0 Å². The molecule has 6 rings (SSSR count). The van der Waals surface area contributed by atoms with Gasteiger partial charge in [0.2, 0.25) is 29.0 Å². The highest BCUT2D eigenvalue weighted by Gasteiger charge is 2.74. The van der Waals surface area contributed by atoms with Crippen LogP contribution in [0, 0.1) is 18.8 Å². The maximum Gasteiger partial charge on any atom is 0.241 e. The van der Waals surface area contributed by atoms with Gasteiger partial charge < -0.3 is 4.74 Å². The van der Waals surface area contributed by atoms with Gasteiger partial charge in [0.05, 0.1) is 23.6 Å². The van der Waals surface area contributed by atoms with Crippen LogP contribution in [0.5, 0.6) is 0 Å². The van der Waals surface area contributed by atoms with Gasteiger partial charge in [-0.3, -0.25) is 19.2 Å². The minimum atomic E-state index is -2.05. The molecule has 2 aliphatic heterocycles. The molecule has 1 spiro atoms. The number of Topliss-reactive ketones (excluding diaryl/α,β-unsaturated/α-hetero) is 2. The minimum Gasteiger partial charge on any atom is -0.349 e. The Labute approximate surface area is 203 Å². The Morgan fingerprint density at radius 3 is 1.97 bits per heavy atom. The van der Waals surface area contributed by atoms with Gasteiger partial charge in [0.15, 0.2) is 0 Å². The zero-order chi connectivity index (χ0) is 23.8. The van der Waals surface area contributed by atoms with E-state index in [9.17, 15) is 19.2 Å². The lowest BCUT2D eigenvalue weighted by atomic mass is 9.77. The van der Waals surface area contributed by atoms with Crippen molar-refractivity contribution >= 4 is 45.0 Å². The standard InChI is InChI=1S/C27H18BrNO5/c1-14-6-8-15(9-7-14)22-20-21(26(33)29(25(20)32)17-12-10-16(28)11-13-17)27(34-22)23(30)18-4-2-3-5-19(18)24(27)31/h2-13,20-22H,1H3/t20-,21+,22+/m1/s1. The Balaban J connectivity index is 1.54. The maximum atomic E-state index is 13.8. The molecule has 34 heavy (non-hydrogen) atoms. The third kappa shape index (κ3) is 2.65. The Hall–Kier alpha value is -3.42. The molecule has 3 aromatic carbocycles. The predicted octanol–water partition coefficient (Wildman–Crippen LogP) is 4.45. The molecule has 0 unspecified atom stereocenters. The van der Waals surface area contributed by atoms with Crippen molar-refractivity contribution < 1.29 is 23.9 Å². The lowest BCUT2D eigenvalue weighted by Gasteiger charge is -2.27. The van der Waals surface area contributed by atoms with Gasteiger partial charge in [-0.2, -0.15) is 0 Å². The van der Waals surface area contributed by atoms with E-state index in [4.69, 9.17) is 4.74 Å². The number of rotatable bonds is 2. The molecule has 0 bridgehead atoms. The molecule has 0 radical (unpaired) electrons. The van der Waals surface area contributed by atoms with Crippen LogP contribution < -0.4 is 4.90 Å². The fraction of sp³-hybridized carbons (Fsp3) is 0.185. The van der Waals surface area contributed by atoms with Crippen LogP contribution in [-0.2, 0) is 14.3 Å². The number of hydrogen-bond acceptors (Lipinski definition) is 5. The summed E-state index contributed by atoms with van der Waals surface area (Å²) in [4.78, 5) is 56.1. The highest BCUT2D eigenvalue weighted by atomic mass is 79.9. The number of carbonyl (C=O) groups excluding carboxylic acids is 4. The van der Waals surface area contributed by atoms with Crippen molar-refractivity contribution in [2.24, 2.45) is 11.8 Å². The Morgan fingerprint density at radius 1 is 0.794 bits per heavy atom. The molecule has 3 aliphatic rings. The van der Waals surface area contributed by atoms with Crippen molar-refractivity contribution in [3.63, 3.8) is 0 Å². The summed E-state index contributed by atoms with van der Waals surface area (Å²) >= 11 is 3.36. The van der Waals surface area contributed by atoms with E-state index in [1.54, 1.807) is 48.5 Å². The van der Waals surface area contributed by atoms with Crippen molar-refractivity contribution in [2.45, 2.75) is 18.6 Å². The molecule has 0 saturated carbocycles. The second-order valence-electron chi connectivity index (χ2n) is 8.88. The highest BCUT2D eigenvalue weighted by molar-refractivity contribution is 9.10. The SMILES string of the molecule is Cc1ccc([C@@H]2OC3(C(=O)c4ccccc4C3=O)[C@@H]3C(=O)N(c4ccc(Br)cc4)C(=O)[C@H]32)cc1. The van der Waals surface area contributed by atoms with Crippen LogP contribution in [0.25, 0.3) is 0 Å². The first-order chi connectivity index (χ1) is 16.3. The number of imide groups is 1. The molecular weight excluding hydrogens is 498 g/mol. The summed E-state index contributed by atoms with van der Waals surface area (Å²) in [6.45, 7) is 1.93. The van der Waals surface area contributed by atoms with Crippen molar-refractivity contribution in [2.75, 3.05) is 4.90 Å². The molecule has 2 fully saturated rings. The van der Waals surface area contributed by atoms with Crippen molar-refractivity contribution in [1.82, 2.24) is 0 Å². The zero-order valence-corrected chi connectivity index (χ0v) is 19.6. The van der Waals surface area contributed by atoms with Crippen molar-refractivity contribution in [1.29, 1.82) is 0 Å². The Morgan fingerprint density at radius 2 is 1.38 bits per heavy atom. The third-order valence-corrected chi connectivity index (χ3v) is 7.54. The maximum absolute atomic E-state index is 13.8. The number of ketones is 2. The van der Waals surface area contributed by atoms with Gasteiger partial charge in [-0.05, 0) is 36.8 Å². The molecule has 3 aromatic rings. The van der Waals surface area contributed by atoms with E-state index in [-0.39, 0.29) is 11.1 Å². The van der Waals surface area contributed by atoms with Gasteiger partial charge in [-0.1, -0.05) is 70.0 Å². The first kappa shape index (κ1) is 21.1. The number of carbonyl (C=O) groups is 4. The van der Waals surface area contributed by atoms with Gasteiger partial charge in [-0.15, -0.1) is 0 Å². The van der Waals surface area contributed by atoms with Gasteiger partial charge in [0.25, 0.3) is 0 Å². The minimum absolute atomic E-state index is 0.221. The molecule has 1 aliphatic carbocycles. The van der Waals surface area contributed by atoms with E-state index in [1.165, 1.54) is 0 Å². The number of ether oxygens (including phenoxy) is 1. The Bertz CT molecular complexity index is 1360. The number of fused-ring (bicyclic) bond motifs is 3. The Kier molecular flexibility index (Phi) is 4.53. The number of anilines is 1. The van der Waals surface area contributed by atoms with E-state index < -0.39 is 46.9 Å². The molecule has 7 heteroatoms. The second kappa shape index (κ2) is 7.29. The summed E-state index contributed by atoms with van der Waals surface area (Å²) in [5, 5.41) is 0. The molecule has 168 valence electrons. The number of halogens is 1. The molecule has 3 atom stereocenters. The topological polar surface area (TPSA) is 80.8 Å². The van der Waals surface area contributed by atoms with Gasteiger partial charge in [-0.25, -0.2) is 4.90 Å². The lowest BCUT2D eigenvalue weighted by Crippen LogP contribution is -2.51. The number of aryl methyl sites for hydroxylation is 1.